The zero-order chi connectivity index (χ0) is 22.7. The van der Waals surface area contributed by atoms with Crippen molar-refractivity contribution >= 4 is 34.3 Å². The summed E-state index contributed by atoms with van der Waals surface area (Å²) in [5, 5.41) is 7.80. The number of likely N-dealkylation sites (tertiary alicyclic amines) is 1. The molecule has 1 aliphatic heterocycles. The van der Waals surface area contributed by atoms with Gasteiger partial charge in [0.25, 0.3) is 11.8 Å². The van der Waals surface area contributed by atoms with Gasteiger partial charge in [-0.05, 0) is 76.0 Å². The molecule has 4 rings (SSSR count). The first-order valence-corrected chi connectivity index (χ1v) is 11.8. The van der Waals surface area contributed by atoms with Crippen molar-refractivity contribution in [3.05, 3.63) is 35.0 Å². The Bertz CT molecular complexity index is 1060. The molecule has 2 N–H and O–H groups in total. The maximum Gasteiger partial charge on any atom is 0.296 e. The van der Waals surface area contributed by atoms with Crippen LogP contribution in [0.1, 0.15) is 49.0 Å². The first-order valence-electron chi connectivity index (χ1n) is 11.5. The van der Waals surface area contributed by atoms with Crippen molar-refractivity contribution < 1.29 is 9.59 Å². The number of aromatic nitrogens is 1. The molecule has 0 bridgehead atoms. The molecule has 2 amide bonds. The molecule has 2 aliphatic rings. The van der Waals surface area contributed by atoms with Crippen LogP contribution in [0.15, 0.2) is 24.3 Å². The summed E-state index contributed by atoms with van der Waals surface area (Å²) in [6.45, 7) is 2.05. The first kappa shape index (κ1) is 22.7. The largest absolute Gasteiger partial charge is 0.346 e. The summed E-state index contributed by atoms with van der Waals surface area (Å²) in [7, 11) is 3.99. The summed E-state index contributed by atoms with van der Waals surface area (Å²) in [5.74, 6) is 5.87. The van der Waals surface area contributed by atoms with Crippen LogP contribution in [0, 0.1) is 17.8 Å². The van der Waals surface area contributed by atoms with Crippen molar-refractivity contribution in [2.24, 2.45) is 13.0 Å². The van der Waals surface area contributed by atoms with Crippen molar-refractivity contribution in [2.45, 2.75) is 50.6 Å². The lowest BCUT2D eigenvalue weighted by Crippen LogP contribution is -2.53. The maximum absolute atomic E-state index is 13.1. The minimum Gasteiger partial charge on any atom is -0.346 e. The predicted molar refractivity (Wildman–Crippen MR) is 128 cm³/mol. The Balaban J connectivity index is 1.40. The van der Waals surface area contributed by atoms with Gasteiger partial charge in [-0.1, -0.05) is 30.4 Å². The lowest BCUT2D eigenvalue weighted by atomic mass is 9.90. The van der Waals surface area contributed by atoms with Crippen molar-refractivity contribution in [1.82, 2.24) is 20.1 Å². The Kier molecular flexibility index (Phi) is 7.07. The van der Waals surface area contributed by atoms with Gasteiger partial charge in [-0.15, -0.1) is 0 Å². The van der Waals surface area contributed by atoms with Gasteiger partial charge in [-0.2, -0.15) is 0 Å². The van der Waals surface area contributed by atoms with Crippen LogP contribution in [-0.2, 0) is 11.8 Å². The van der Waals surface area contributed by atoms with Crippen molar-refractivity contribution in [3.8, 4) is 11.8 Å². The summed E-state index contributed by atoms with van der Waals surface area (Å²) < 4.78 is 1.88. The number of benzene rings is 1. The molecule has 2 fully saturated rings. The Morgan fingerprint density at radius 3 is 2.41 bits per heavy atom. The number of nitrogens with one attached hydrogen (secondary N) is 2. The van der Waals surface area contributed by atoms with Crippen LogP contribution in [0.25, 0.3) is 10.9 Å². The molecule has 0 radical (unpaired) electrons. The quantitative estimate of drug-likeness (QED) is 0.699. The molecule has 2 atom stereocenters. The molecule has 2 heterocycles. The van der Waals surface area contributed by atoms with Gasteiger partial charge in [0.1, 0.15) is 5.69 Å². The Labute approximate surface area is 194 Å². The number of halogens is 1. The van der Waals surface area contributed by atoms with Gasteiger partial charge in [0, 0.05) is 41.0 Å². The standard InChI is InChI=1S/C25H31ClN4O2/c1-29-13-11-17(12-14-29)7-10-24(31)27-20-5-3-4-6-21(20)28-25(32)23-16-18-15-19(26)8-9-22(18)30(23)2/h8-9,15-17,20-21H,3-6,11-14H2,1-2H3,(H,27,31)(H,28,32)/t20-,21+/m1/s1. The number of fused-ring (bicyclic) bond motifs is 1. The molecule has 32 heavy (non-hydrogen) atoms. The number of nitrogens with zero attached hydrogens (tertiary/aromatic N) is 2. The second kappa shape index (κ2) is 9.97. The summed E-state index contributed by atoms with van der Waals surface area (Å²) in [5.41, 5.74) is 1.54. The fourth-order valence-corrected chi connectivity index (χ4v) is 4.96. The fraction of sp³-hybridized carbons (Fsp3) is 0.520. The monoisotopic (exact) mass is 454 g/mol. The van der Waals surface area contributed by atoms with E-state index in [1.54, 1.807) is 0 Å². The van der Waals surface area contributed by atoms with Crippen LogP contribution in [0.3, 0.4) is 0 Å². The van der Waals surface area contributed by atoms with Crippen molar-refractivity contribution in [1.29, 1.82) is 0 Å². The molecule has 2 aromatic rings. The van der Waals surface area contributed by atoms with Crippen LogP contribution in [0.4, 0.5) is 0 Å². The molecule has 1 aliphatic carbocycles. The minimum absolute atomic E-state index is 0.101. The van der Waals surface area contributed by atoms with Crippen LogP contribution < -0.4 is 10.6 Å². The molecule has 7 heteroatoms. The van der Waals surface area contributed by atoms with Crippen LogP contribution in [0.5, 0.6) is 0 Å². The van der Waals surface area contributed by atoms with Gasteiger partial charge in [0.05, 0.1) is 0 Å². The zero-order valence-electron chi connectivity index (χ0n) is 18.8. The van der Waals surface area contributed by atoms with Crippen LogP contribution >= 0.6 is 11.6 Å². The summed E-state index contributed by atoms with van der Waals surface area (Å²) in [6, 6.07) is 7.26. The molecule has 1 saturated heterocycles. The number of carbonyl (C=O) groups excluding carboxylic acids is 2. The predicted octanol–water partition coefficient (Wildman–Crippen LogP) is 3.33. The van der Waals surface area contributed by atoms with E-state index in [-0.39, 0.29) is 23.9 Å². The number of hydrogen-bond donors (Lipinski definition) is 2. The molecule has 1 aromatic heterocycles. The van der Waals surface area contributed by atoms with Gasteiger partial charge in [0.15, 0.2) is 0 Å². The number of piperidine rings is 1. The zero-order valence-corrected chi connectivity index (χ0v) is 19.5. The number of aryl methyl sites for hydroxylation is 1. The van der Waals surface area contributed by atoms with Crippen molar-refractivity contribution in [2.75, 3.05) is 20.1 Å². The van der Waals surface area contributed by atoms with Gasteiger partial charge in [-0.25, -0.2) is 0 Å². The topological polar surface area (TPSA) is 66.4 Å². The van der Waals surface area contributed by atoms with Gasteiger partial charge in [0.2, 0.25) is 0 Å². The third kappa shape index (κ3) is 5.28. The number of amides is 2. The van der Waals surface area contributed by atoms with E-state index in [1.165, 1.54) is 0 Å². The third-order valence-electron chi connectivity index (χ3n) is 6.74. The van der Waals surface area contributed by atoms with Gasteiger partial charge < -0.3 is 20.1 Å². The summed E-state index contributed by atoms with van der Waals surface area (Å²) in [4.78, 5) is 27.9. The van der Waals surface area contributed by atoms with E-state index < -0.39 is 0 Å². The SMILES string of the molecule is CN1CCC(C#CC(=O)N[C@@H]2CCCC[C@@H]2NC(=O)c2cc3cc(Cl)ccc3n2C)CC1. The first-order chi connectivity index (χ1) is 15.4. The third-order valence-corrected chi connectivity index (χ3v) is 6.98. The maximum atomic E-state index is 13.1. The molecular formula is C25H31ClN4O2. The number of hydrogen-bond acceptors (Lipinski definition) is 3. The van der Waals surface area contributed by atoms with E-state index in [0.29, 0.717) is 16.6 Å². The highest BCUT2D eigenvalue weighted by atomic mass is 35.5. The van der Waals surface area contributed by atoms with E-state index in [0.717, 1.165) is 62.5 Å². The Morgan fingerprint density at radius 1 is 1.00 bits per heavy atom. The molecule has 0 spiro atoms. The van der Waals surface area contributed by atoms with Gasteiger partial charge in [-0.3, -0.25) is 9.59 Å². The number of carbonyl (C=O) groups is 2. The van der Waals surface area contributed by atoms with E-state index in [4.69, 9.17) is 11.6 Å². The summed E-state index contributed by atoms with van der Waals surface area (Å²) >= 11 is 6.10. The van der Waals surface area contributed by atoms with E-state index in [1.807, 2.05) is 35.9 Å². The highest BCUT2D eigenvalue weighted by Gasteiger charge is 2.28. The second-order valence-corrected chi connectivity index (χ2v) is 9.52. The highest BCUT2D eigenvalue weighted by molar-refractivity contribution is 6.31. The van der Waals surface area contributed by atoms with Crippen LogP contribution in [0.2, 0.25) is 5.02 Å². The lowest BCUT2D eigenvalue weighted by Gasteiger charge is -2.32. The highest BCUT2D eigenvalue weighted by Crippen LogP contribution is 2.24. The van der Waals surface area contributed by atoms with E-state index in [9.17, 15) is 9.59 Å². The molecule has 1 aromatic carbocycles. The van der Waals surface area contributed by atoms with E-state index in [2.05, 4.69) is 34.4 Å². The Morgan fingerprint density at radius 2 is 1.69 bits per heavy atom. The van der Waals surface area contributed by atoms with Crippen molar-refractivity contribution in [3.63, 3.8) is 0 Å². The molecular weight excluding hydrogens is 424 g/mol. The smallest absolute Gasteiger partial charge is 0.296 e. The van der Waals surface area contributed by atoms with Crippen LogP contribution in [-0.4, -0.2) is 53.5 Å². The minimum atomic E-state index is -0.241. The normalized spacial score (nSPS) is 22.2. The number of rotatable bonds is 3. The Hall–Kier alpha value is -2.49. The average Bonchev–Trinajstić information content (AvgIpc) is 3.10. The molecule has 6 nitrogen and oxygen atoms in total. The fourth-order valence-electron chi connectivity index (χ4n) is 4.78. The lowest BCUT2D eigenvalue weighted by molar-refractivity contribution is -0.116. The average molecular weight is 455 g/mol. The summed E-state index contributed by atoms with van der Waals surface area (Å²) in [6.07, 6.45) is 5.77. The molecule has 0 unspecified atom stereocenters. The van der Waals surface area contributed by atoms with E-state index >= 15 is 0 Å². The second-order valence-electron chi connectivity index (χ2n) is 9.08. The molecule has 1 saturated carbocycles. The van der Waals surface area contributed by atoms with Gasteiger partial charge >= 0.3 is 0 Å². The molecule has 170 valence electrons.